The van der Waals surface area contributed by atoms with E-state index in [0.717, 1.165) is 56.0 Å². The fourth-order valence-corrected chi connectivity index (χ4v) is 4.50. The van der Waals surface area contributed by atoms with E-state index in [0.29, 0.717) is 12.1 Å². The molecule has 8 nitrogen and oxygen atoms in total. The quantitative estimate of drug-likeness (QED) is 0.678. The molecule has 2 fully saturated rings. The highest BCUT2D eigenvalue weighted by molar-refractivity contribution is 5.95. The number of pyridine rings is 1. The van der Waals surface area contributed by atoms with Gasteiger partial charge in [0.2, 0.25) is 5.91 Å². The molecule has 0 aromatic carbocycles. The summed E-state index contributed by atoms with van der Waals surface area (Å²) < 4.78 is 13.0. The van der Waals surface area contributed by atoms with Crippen LogP contribution in [0.15, 0.2) is 46.6 Å². The predicted molar refractivity (Wildman–Crippen MR) is 124 cm³/mol. The minimum Gasteiger partial charge on any atom is -0.368 e. The van der Waals surface area contributed by atoms with Crippen LogP contribution in [-0.4, -0.2) is 84.9 Å². The lowest BCUT2D eigenvalue weighted by molar-refractivity contribution is -0.118. The van der Waals surface area contributed by atoms with Gasteiger partial charge in [-0.3, -0.25) is 19.5 Å². The van der Waals surface area contributed by atoms with Gasteiger partial charge < -0.3 is 15.5 Å². The van der Waals surface area contributed by atoms with Gasteiger partial charge in [-0.2, -0.15) is 0 Å². The van der Waals surface area contributed by atoms with Crippen molar-refractivity contribution in [1.82, 2.24) is 20.5 Å². The number of aliphatic imine (C=N–C) groups is 1. The number of carbonyl (C=O) groups is 2. The molecule has 1 aromatic rings. The number of alkyl halides is 1. The van der Waals surface area contributed by atoms with Crippen molar-refractivity contribution in [2.45, 2.75) is 44.1 Å². The van der Waals surface area contributed by atoms with Crippen LogP contribution >= 0.6 is 0 Å². The van der Waals surface area contributed by atoms with Crippen molar-refractivity contribution in [2.75, 3.05) is 37.6 Å². The van der Waals surface area contributed by atoms with Gasteiger partial charge in [-0.25, -0.2) is 9.37 Å². The van der Waals surface area contributed by atoms with Crippen LogP contribution < -0.4 is 15.5 Å². The molecule has 2 amide bonds. The van der Waals surface area contributed by atoms with Crippen molar-refractivity contribution in [3.8, 4) is 0 Å². The summed E-state index contributed by atoms with van der Waals surface area (Å²) in [5, 5.41) is 5.71. The molecule has 1 aromatic heterocycles. The van der Waals surface area contributed by atoms with Gasteiger partial charge >= 0.3 is 0 Å². The van der Waals surface area contributed by atoms with Crippen molar-refractivity contribution in [1.29, 1.82) is 0 Å². The zero-order valence-electron chi connectivity index (χ0n) is 18.7. The van der Waals surface area contributed by atoms with Crippen LogP contribution in [0.1, 0.15) is 30.3 Å². The number of anilines is 1. The number of piperazine rings is 1. The van der Waals surface area contributed by atoms with Gasteiger partial charge in [0.1, 0.15) is 11.9 Å². The Morgan fingerprint density at radius 1 is 1.24 bits per heavy atom. The van der Waals surface area contributed by atoms with Crippen LogP contribution in [0.25, 0.3) is 0 Å². The highest BCUT2D eigenvalue weighted by atomic mass is 19.1. The van der Waals surface area contributed by atoms with Crippen molar-refractivity contribution < 1.29 is 14.0 Å². The Morgan fingerprint density at radius 3 is 2.70 bits per heavy atom. The van der Waals surface area contributed by atoms with E-state index in [4.69, 9.17) is 0 Å². The molecule has 0 radical (unpaired) electrons. The molecule has 174 valence electrons. The van der Waals surface area contributed by atoms with Gasteiger partial charge in [-0.1, -0.05) is 13.0 Å². The zero-order chi connectivity index (χ0) is 22.9. The fourth-order valence-electron chi connectivity index (χ4n) is 4.50. The first-order valence-electron chi connectivity index (χ1n) is 11.6. The van der Waals surface area contributed by atoms with Gasteiger partial charge in [0.25, 0.3) is 5.91 Å². The van der Waals surface area contributed by atoms with Crippen molar-refractivity contribution >= 4 is 23.7 Å². The Hall–Kier alpha value is -3.07. The van der Waals surface area contributed by atoms with Crippen LogP contribution in [0, 0.1) is 0 Å². The van der Waals surface area contributed by atoms with E-state index >= 15 is 0 Å². The molecule has 4 unspecified atom stereocenters. The van der Waals surface area contributed by atoms with Gasteiger partial charge in [-0.05, 0) is 30.2 Å². The van der Waals surface area contributed by atoms with Gasteiger partial charge in [0.15, 0.2) is 0 Å². The first kappa shape index (κ1) is 21.8. The highest BCUT2D eigenvalue weighted by Gasteiger charge is 2.39. The van der Waals surface area contributed by atoms with Crippen LogP contribution in [0.4, 0.5) is 10.1 Å². The van der Waals surface area contributed by atoms with Gasteiger partial charge in [-0.15, -0.1) is 0 Å². The minimum absolute atomic E-state index is 0.00141. The standard InChI is InChI=1S/C24H29FN6O2/c1-2-16-10-21-22(29-23(16)32)9-15(12-26-21)14-30-5-7-31(8-6-30)17-3-4-19(27-13-17)24(33)28-20-11-18(20)25/h3-4,9-10,12-13,18,20-22H,2,5-8,11,14H2,1H3,(H,28,33)(H,29,32). The lowest BCUT2D eigenvalue weighted by Crippen LogP contribution is -2.49. The number of carbonyl (C=O) groups excluding carboxylic acids is 2. The molecule has 0 spiro atoms. The molecule has 0 bridgehead atoms. The molecule has 4 aliphatic rings. The Balaban J connectivity index is 1.12. The summed E-state index contributed by atoms with van der Waals surface area (Å²) in [4.78, 5) is 37.8. The molecule has 4 heterocycles. The Bertz CT molecular complexity index is 1010. The molecular formula is C24H29FN6O2. The molecule has 1 saturated heterocycles. The first-order chi connectivity index (χ1) is 16.0. The SMILES string of the molecule is CCC1=CC2N=CC(CN3CCN(c4ccc(C(=O)NC5CC5F)nc4)CC3)=CC2NC1=O. The average molecular weight is 453 g/mol. The van der Waals surface area contributed by atoms with Crippen LogP contribution in [-0.2, 0) is 4.79 Å². The molecule has 3 aliphatic heterocycles. The molecule has 1 saturated carbocycles. The lowest BCUT2D eigenvalue weighted by Gasteiger charge is -2.37. The monoisotopic (exact) mass is 452 g/mol. The molecule has 2 N–H and O–H groups in total. The number of hydrogen-bond acceptors (Lipinski definition) is 6. The molecule has 33 heavy (non-hydrogen) atoms. The number of nitrogens with zero attached hydrogens (tertiary/aromatic N) is 4. The van der Waals surface area contributed by atoms with Gasteiger partial charge in [0.05, 0.1) is 30.0 Å². The topological polar surface area (TPSA) is 89.9 Å². The Labute approximate surface area is 192 Å². The third-order valence-corrected chi connectivity index (χ3v) is 6.67. The molecule has 1 aliphatic carbocycles. The Morgan fingerprint density at radius 2 is 2.03 bits per heavy atom. The minimum atomic E-state index is -0.922. The second-order valence-corrected chi connectivity index (χ2v) is 9.05. The Kier molecular flexibility index (Phi) is 5.97. The number of amides is 2. The zero-order valence-corrected chi connectivity index (χ0v) is 18.7. The lowest BCUT2D eigenvalue weighted by atomic mass is 9.94. The second kappa shape index (κ2) is 9.05. The van der Waals surface area contributed by atoms with E-state index in [1.54, 1.807) is 12.3 Å². The number of fused-ring (bicyclic) bond motifs is 1. The summed E-state index contributed by atoms with van der Waals surface area (Å²) in [7, 11) is 0. The molecular weight excluding hydrogens is 423 g/mol. The van der Waals surface area contributed by atoms with E-state index in [1.807, 2.05) is 25.3 Å². The molecule has 9 heteroatoms. The third kappa shape index (κ3) is 4.83. The van der Waals surface area contributed by atoms with E-state index < -0.39 is 6.17 Å². The number of nitrogens with one attached hydrogen (secondary N) is 2. The summed E-state index contributed by atoms with van der Waals surface area (Å²) >= 11 is 0. The van der Waals surface area contributed by atoms with Gasteiger partial charge in [0, 0.05) is 50.9 Å². The van der Waals surface area contributed by atoms with E-state index in [-0.39, 0.29) is 29.9 Å². The number of hydrogen-bond donors (Lipinski definition) is 2. The van der Waals surface area contributed by atoms with E-state index in [9.17, 15) is 14.0 Å². The summed E-state index contributed by atoms with van der Waals surface area (Å²) in [6, 6.07) is 3.17. The summed E-state index contributed by atoms with van der Waals surface area (Å²) in [6.45, 7) is 6.29. The van der Waals surface area contributed by atoms with Crippen molar-refractivity contribution in [2.24, 2.45) is 4.99 Å². The number of halogens is 1. The fraction of sp³-hybridized carbons (Fsp3) is 0.500. The predicted octanol–water partition coefficient (Wildman–Crippen LogP) is 1.26. The largest absolute Gasteiger partial charge is 0.368 e. The smallest absolute Gasteiger partial charge is 0.270 e. The van der Waals surface area contributed by atoms with E-state index in [2.05, 4.69) is 36.5 Å². The maximum Gasteiger partial charge on any atom is 0.270 e. The normalized spacial score (nSPS) is 29.0. The molecule has 5 rings (SSSR count). The van der Waals surface area contributed by atoms with Crippen molar-refractivity contribution in [3.63, 3.8) is 0 Å². The second-order valence-electron chi connectivity index (χ2n) is 9.05. The maximum absolute atomic E-state index is 13.0. The van der Waals surface area contributed by atoms with Crippen LogP contribution in [0.3, 0.4) is 0 Å². The first-order valence-corrected chi connectivity index (χ1v) is 11.6. The molecule has 4 atom stereocenters. The highest BCUT2D eigenvalue weighted by Crippen LogP contribution is 2.25. The number of dihydropyridines is 1. The maximum atomic E-state index is 13.0. The summed E-state index contributed by atoms with van der Waals surface area (Å²) in [5.41, 5.74) is 3.22. The average Bonchev–Trinajstić information content (AvgIpc) is 3.53. The third-order valence-electron chi connectivity index (χ3n) is 6.67. The van der Waals surface area contributed by atoms with Crippen molar-refractivity contribution in [3.05, 3.63) is 47.3 Å². The number of aromatic nitrogens is 1. The van der Waals surface area contributed by atoms with Crippen LogP contribution in [0.2, 0.25) is 0 Å². The summed E-state index contributed by atoms with van der Waals surface area (Å²) in [5.74, 6) is -0.312. The number of rotatable bonds is 6. The van der Waals surface area contributed by atoms with E-state index in [1.165, 1.54) is 0 Å². The van der Waals surface area contributed by atoms with Crippen LogP contribution in [0.5, 0.6) is 0 Å². The summed E-state index contributed by atoms with van der Waals surface area (Å²) in [6.07, 6.45) is 7.96.